The average Bonchev–Trinajstić information content (AvgIpc) is 3.30. The summed E-state index contributed by atoms with van der Waals surface area (Å²) in [4.78, 5) is 40.2. The van der Waals surface area contributed by atoms with E-state index in [2.05, 4.69) is 37.5 Å². The van der Waals surface area contributed by atoms with Gasteiger partial charge in [0, 0.05) is 66.8 Å². The highest BCUT2D eigenvalue weighted by Gasteiger charge is 2.24. The molecule has 0 aliphatic carbocycles. The van der Waals surface area contributed by atoms with E-state index in [1.165, 1.54) is 6.20 Å². The van der Waals surface area contributed by atoms with E-state index in [4.69, 9.17) is 11.6 Å². The van der Waals surface area contributed by atoms with Crippen molar-refractivity contribution in [3.63, 3.8) is 0 Å². The first-order valence-electron chi connectivity index (χ1n) is 13.2. The molecule has 0 saturated heterocycles. The number of anilines is 3. The van der Waals surface area contributed by atoms with Crippen LogP contribution < -0.4 is 10.6 Å². The number of benzene rings is 2. The zero-order valence-corrected chi connectivity index (χ0v) is 23.7. The lowest BCUT2D eigenvalue weighted by Crippen LogP contribution is -2.27. The molecule has 1 amide bonds. The third-order valence-electron chi connectivity index (χ3n) is 7.53. The van der Waals surface area contributed by atoms with Gasteiger partial charge in [-0.25, -0.2) is 9.97 Å². The van der Waals surface area contributed by atoms with E-state index in [-0.39, 0.29) is 5.91 Å². The fourth-order valence-electron chi connectivity index (χ4n) is 5.30. The van der Waals surface area contributed by atoms with Crippen LogP contribution in [0.3, 0.4) is 0 Å². The molecular formula is C31H28ClN7O2. The minimum Gasteiger partial charge on any atom is -0.338 e. The van der Waals surface area contributed by atoms with Crippen LogP contribution in [-0.2, 0) is 20.0 Å². The van der Waals surface area contributed by atoms with Crippen molar-refractivity contribution in [3.8, 4) is 11.1 Å². The number of rotatable bonds is 6. The van der Waals surface area contributed by atoms with Gasteiger partial charge < -0.3 is 20.1 Å². The average molecular weight is 566 g/mol. The third kappa shape index (κ3) is 4.94. The summed E-state index contributed by atoms with van der Waals surface area (Å²) in [7, 11) is 3.93. The van der Waals surface area contributed by atoms with Crippen LogP contribution in [0.15, 0.2) is 60.9 Å². The highest BCUT2D eigenvalue weighted by atomic mass is 35.5. The number of imidazole rings is 1. The molecule has 4 heterocycles. The van der Waals surface area contributed by atoms with E-state index in [9.17, 15) is 9.59 Å². The highest BCUT2D eigenvalue weighted by Crippen LogP contribution is 2.38. The first kappa shape index (κ1) is 26.6. The van der Waals surface area contributed by atoms with Gasteiger partial charge in [-0.2, -0.15) is 0 Å². The smallest absolute Gasteiger partial charge is 0.291 e. The van der Waals surface area contributed by atoms with E-state index in [1.807, 2.05) is 54.9 Å². The normalized spacial score (nSPS) is 13.2. The van der Waals surface area contributed by atoms with Gasteiger partial charge in [0.15, 0.2) is 17.9 Å². The van der Waals surface area contributed by atoms with Crippen molar-refractivity contribution in [1.82, 2.24) is 24.4 Å². The molecule has 10 heteroatoms. The number of hydrogen-bond acceptors (Lipinski definition) is 7. The van der Waals surface area contributed by atoms with E-state index in [1.54, 1.807) is 18.3 Å². The zero-order valence-electron chi connectivity index (χ0n) is 22.9. The van der Waals surface area contributed by atoms with Crippen LogP contribution in [0.1, 0.15) is 37.9 Å². The predicted molar refractivity (Wildman–Crippen MR) is 161 cm³/mol. The molecule has 9 nitrogen and oxygen atoms in total. The maximum absolute atomic E-state index is 13.3. The van der Waals surface area contributed by atoms with Crippen molar-refractivity contribution < 1.29 is 9.59 Å². The highest BCUT2D eigenvalue weighted by molar-refractivity contribution is 6.36. The number of nitrogens with one attached hydrogen (secondary N) is 2. The second kappa shape index (κ2) is 10.8. The summed E-state index contributed by atoms with van der Waals surface area (Å²) in [6.45, 7) is 3.65. The lowest BCUT2D eigenvalue weighted by molar-refractivity contribution is 0.101. The Hall–Kier alpha value is -4.60. The van der Waals surface area contributed by atoms with Crippen LogP contribution in [0, 0.1) is 6.92 Å². The maximum Gasteiger partial charge on any atom is 0.291 e. The summed E-state index contributed by atoms with van der Waals surface area (Å²) in [6.07, 6.45) is 4.84. The topological polar surface area (TPSA) is 105 Å². The minimum absolute atomic E-state index is 0.303. The molecule has 0 saturated carbocycles. The monoisotopic (exact) mass is 565 g/mol. The molecule has 206 valence electrons. The van der Waals surface area contributed by atoms with Crippen LogP contribution in [0.2, 0.25) is 5.02 Å². The zero-order chi connectivity index (χ0) is 28.7. The first-order valence-corrected chi connectivity index (χ1v) is 13.6. The molecule has 0 bridgehead atoms. The largest absolute Gasteiger partial charge is 0.338 e. The number of hydrogen-bond donors (Lipinski definition) is 2. The van der Waals surface area contributed by atoms with Crippen LogP contribution >= 0.6 is 11.6 Å². The van der Waals surface area contributed by atoms with Crippen LogP contribution in [-0.4, -0.2) is 50.2 Å². The Morgan fingerprint density at radius 3 is 2.63 bits per heavy atom. The van der Waals surface area contributed by atoms with Crippen molar-refractivity contribution in [2.45, 2.75) is 19.9 Å². The fourth-order valence-corrected chi connectivity index (χ4v) is 5.58. The minimum atomic E-state index is -0.303. The standard InChI is InChI=1S/C31H28ClN7O2/c1-18-21(6-4-8-23(18)35-29-28-20(10-12-33-29)14-19(17-40)15-34-28)22-7-5-9-24(27(22)32)37-31(41)30-36-25-16-38(2)13-11-26(25)39(30)3/h4-10,12,14-15,17H,11,13,16H2,1-3H3,(H,33,35)(H,37,41). The molecule has 2 aromatic carbocycles. The lowest BCUT2D eigenvalue weighted by Gasteiger charge is -2.21. The third-order valence-corrected chi connectivity index (χ3v) is 7.94. The van der Waals surface area contributed by atoms with Gasteiger partial charge in [-0.15, -0.1) is 0 Å². The number of carbonyl (C=O) groups is 2. The van der Waals surface area contributed by atoms with Gasteiger partial charge in [0.1, 0.15) is 5.52 Å². The van der Waals surface area contributed by atoms with Crippen molar-refractivity contribution in [3.05, 3.63) is 94.3 Å². The maximum atomic E-state index is 13.3. The Labute approximate surface area is 242 Å². The molecule has 0 fully saturated rings. The van der Waals surface area contributed by atoms with E-state index < -0.39 is 0 Å². The number of aldehydes is 1. The molecule has 5 aromatic rings. The van der Waals surface area contributed by atoms with Crippen molar-refractivity contribution >= 4 is 51.9 Å². The number of carbonyl (C=O) groups excluding carboxylic acids is 2. The molecule has 2 N–H and O–H groups in total. The number of nitrogens with zero attached hydrogens (tertiary/aromatic N) is 5. The Kier molecular flexibility index (Phi) is 6.98. The number of likely N-dealkylation sites (N-methyl/N-ethyl adjacent to an activating group) is 1. The van der Waals surface area contributed by atoms with E-state index >= 15 is 0 Å². The van der Waals surface area contributed by atoms with E-state index in [0.717, 1.165) is 64.9 Å². The number of pyridine rings is 2. The first-order chi connectivity index (χ1) is 19.8. The van der Waals surface area contributed by atoms with Gasteiger partial charge in [-0.1, -0.05) is 35.9 Å². The summed E-state index contributed by atoms with van der Waals surface area (Å²) in [6, 6.07) is 15.1. The second-order valence-corrected chi connectivity index (χ2v) is 10.6. The summed E-state index contributed by atoms with van der Waals surface area (Å²) in [5.74, 6) is 0.643. The quantitative estimate of drug-likeness (QED) is 0.251. The molecular weight excluding hydrogens is 538 g/mol. The number of aromatic nitrogens is 4. The molecule has 1 aliphatic rings. The van der Waals surface area contributed by atoms with Crippen LogP contribution in [0.25, 0.3) is 22.0 Å². The SMILES string of the molecule is Cc1c(Nc2nccc3cc(C=O)cnc23)cccc1-c1cccc(NC(=O)c2nc3c(n2C)CCN(C)C3)c1Cl. The van der Waals surface area contributed by atoms with Crippen molar-refractivity contribution in [2.75, 3.05) is 24.2 Å². The summed E-state index contributed by atoms with van der Waals surface area (Å²) in [5.41, 5.74) is 7.17. The van der Waals surface area contributed by atoms with Gasteiger partial charge in [0.05, 0.1) is 16.4 Å². The fraction of sp³-hybridized carbons (Fsp3) is 0.194. The number of amides is 1. The van der Waals surface area contributed by atoms with Crippen molar-refractivity contribution in [2.24, 2.45) is 7.05 Å². The van der Waals surface area contributed by atoms with Crippen molar-refractivity contribution in [1.29, 1.82) is 0 Å². The molecule has 1 aliphatic heterocycles. The van der Waals surface area contributed by atoms with Gasteiger partial charge in [-0.3, -0.25) is 14.6 Å². The Morgan fingerprint density at radius 2 is 1.83 bits per heavy atom. The predicted octanol–water partition coefficient (Wildman–Crippen LogP) is 5.79. The Bertz CT molecular complexity index is 1830. The van der Waals surface area contributed by atoms with Gasteiger partial charge >= 0.3 is 0 Å². The summed E-state index contributed by atoms with van der Waals surface area (Å²) >= 11 is 6.91. The number of halogens is 1. The summed E-state index contributed by atoms with van der Waals surface area (Å²) < 4.78 is 1.88. The van der Waals surface area contributed by atoms with E-state index in [0.29, 0.717) is 33.4 Å². The van der Waals surface area contributed by atoms with Crippen LogP contribution in [0.5, 0.6) is 0 Å². The van der Waals surface area contributed by atoms with Gasteiger partial charge in [-0.05, 0) is 49.4 Å². The summed E-state index contributed by atoms with van der Waals surface area (Å²) in [5, 5.41) is 7.62. The molecule has 0 atom stereocenters. The molecule has 0 spiro atoms. The molecule has 41 heavy (non-hydrogen) atoms. The molecule has 0 unspecified atom stereocenters. The second-order valence-electron chi connectivity index (χ2n) is 10.2. The van der Waals surface area contributed by atoms with Gasteiger partial charge in [0.2, 0.25) is 0 Å². The number of fused-ring (bicyclic) bond motifs is 2. The van der Waals surface area contributed by atoms with Gasteiger partial charge in [0.25, 0.3) is 5.91 Å². The molecule has 6 rings (SSSR count). The lowest BCUT2D eigenvalue weighted by atomic mass is 9.98. The molecule has 0 radical (unpaired) electrons. The molecule has 3 aromatic heterocycles. The Morgan fingerprint density at radius 1 is 1.05 bits per heavy atom. The Balaban J connectivity index is 1.30. The van der Waals surface area contributed by atoms with Crippen LogP contribution in [0.4, 0.5) is 17.2 Å².